The van der Waals surface area contributed by atoms with Crippen LogP contribution < -0.4 is 52.4 Å². The highest BCUT2D eigenvalue weighted by molar-refractivity contribution is 7.02. The third-order valence-corrected chi connectivity index (χ3v) is 39.1. The van der Waals surface area contributed by atoms with Crippen molar-refractivity contribution >= 4 is 148 Å². The van der Waals surface area contributed by atoms with Crippen molar-refractivity contribution in [1.82, 2.24) is 0 Å². The molecule has 5 aliphatic carbocycles. The van der Waals surface area contributed by atoms with Crippen LogP contribution in [0, 0.1) is 0 Å². The summed E-state index contributed by atoms with van der Waals surface area (Å²) in [7, 11) is 0. The first-order valence-electron chi connectivity index (χ1n) is 56.2. The standard InChI is InChI=1S/C140H160B2N4O2/c1-126(2,3)88-41-45-93(46-42-88)143-112-52-43-89(127(4,5)6)72-110(112)141-121-98-77-108-107(79-119(98)148-125(121)146(95-48-51-101-104(75-95)136(26,27)59-56-133(101,20)21)117-68-87(66-114(143)122(117)141)84-40-49-99-102(64-84)134(22,23)57-54-131(99,16)17)139(32,33)80-109(140(108,34)35)85-39-38-81-62-83(37-36-82(81)63-85)86-65-115-123-116(67-86)145(94-47-50-100-103(74-94)135(24,25)58-55-132(100,18)19)124-120(97-76-105-106(78-118(97)147-124)138(30,31)61-60-137(105,28)29)142(123)111-73-90(128(7,8)9)44-53-113(111)144(115)96-70-91(129(10,11)12)69-92(71-96)130(13,14)15/h36-53,62-79,109H,54-61,80H2,1-35H3. The molecule has 1 atom stereocenters. The third-order valence-electron chi connectivity index (χ3n) is 39.1. The minimum atomic E-state index is -0.345. The van der Waals surface area contributed by atoms with Gasteiger partial charge >= 0.3 is 0 Å². The van der Waals surface area contributed by atoms with Crippen LogP contribution in [0.15, 0.2) is 227 Å². The van der Waals surface area contributed by atoms with Crippen LogP contribution >= 0.6 is 0 Å². The van der Waals surface area contributed by atoms with E-state index in [1.54, 1.807) is 0 Å². The first-order chi connectivity index (χ1) is 68.9. The molecule has 0 spiro atoms. The van der Waals surface area contributed by atoms with E-state index in [1.165, 1.54) is 200 Å². The highest BCUT2D eigenvalue weighted by Crippen LogP contribution is 2.62. The molecule has 0 radical (unpaired) electrons. The summed E-state index contributed by atoms with van der Waals surface area (Å²) in [6, 6.07) is 90.6. The number of hydrogen-bond donors (Lipinski definition) is 0. The van der Waals surface area contributed by atoms with Crippen molar-refractivity contribution in [2.75, 3.05) is 19.6 Å². The summed E-state index contributed by atoms with van der Waals surface area (Å²) in [5, 5.41) is 4.89. The van der Waals surface area contributed by atoms with Gasteiger partial charge in [-0.05, 0) is 404 Å². The van der Waals surface area contributed by atoms with Gasteiger partial charge in [0, 0.05) is 78.6 Å². The Hall–Kier alpha value is -11.5. The largest absolute Gasteiger partial charge is 0.440 e. The molecule has 4 aliphatic heterocycles. The first kappa shape index (κ1) is 98.5. The first-order valence-corrected chi connectivity index (χ1v) is 56.2. The van der Waals surface area contributed by atoms with Gasteiger partial charge < -0.3 is 18.6 Å². The summed E-state index contributed by atoms with van der Waals surface area (Å²) in [6.45, 7) is 85.1. The van der Waals surface area contributed by atoms with Gasteiger partial charge in [0.2, 0.25) is 11.8 Å². The van der Waals surface area contributed by atoms with Gasteiger partial charge in [-0.15, -0.1) is 0 Å². The van der Waals surface area contributed by atoms with Crippen LogP contribution in [0.4, 0.5) is 68.6 Å². The van der Waals surface area contributed by atoms with E-state index in [-0.39, 0.29) is 101 Å². The fourth-order valence-corrected chi connectivity index (χ4v) is 28.8. The van der Waals surface area contributed by atoms with Crippen molar-refractivity contribution in [3.05, 3.63) is 307 Å². The van der Waals surface area contributed by atoms with Crippen LogP contribution in [0.1, 0.15) is 395 Å². The lowest BCUT2D eigenvalue weighted by Gasteiger charge is -2.48. The fraction of sp³-hybridized carbons (Fsp3) is 0.429. The van der Waals surface area contributed by atoms with E-state index >= 15 is 0 Å². The molecule has 13 aromatic carbocycles. The van der Waals surface area contributed by atoms with E-state index in [0.29, 0.717) is 0 Å². The second-order valence-electron chi connectivity index (χ2n) is 59.1. The Balaban J connectivity index is 0.701. The normalized spacial score (nSPS) is 19.9. The van der Waals surface area contributed by atoms with E-state index in [9.17, 15) is 0 Å². The highest BCUT2D eigenvalue weighted by atomic mass is 16.4. The minimum Gasteiger partial charge on any atom is -0.440 e. The molecule has 6 heterocycles. The zero-order valence-electron chi connectivity index (χ0n) is 96.0. The SMILES string of the molecule is CC(C)(C)c1ccc(N2c3ccc(C(C)(C)C)cc3B3c4c2cc(-c2ccc5c(c2)C(C)(C)CCC5(C)C)cc4N(c2ccc4c(c2)C(C)(C)CCC4(C)C)c2oc4cc5c(cc4c23)C(C)(C)C(c2ccc3cc(-c4cc6c7c(c4)N(c4ccc8c(c4)C(C)(C)CCC8(C)C)c4oc8cc9c(cc8c4B7c4cc(C(C)(C)C)ccc4N6c4cc(C(C)(C)C)cc(C(C)(C)C)c4)C(C)(C)CCC9(C)C)ccc3c2)CC5(C)C)cc1. The summed E-state index contributed by atoms with van der Waals surface area (Å²) < 4.78 is 16.2. The lowest BCUT2D eigenvalue weighted by molar-refractivity contribution is 0.283. The van der Waals surface area contributed by atoms with Gasteiger partial charge in [-0.2, -0.15) is 0 Å². The Morgan fingerprint density at radius 1 is 0.236 bits per heavy atom. The average molecular weight is 1950 g/mol. The molecule has 1 unspecified atom stereocenters. The van der Waals surface area contributed by atoms with Crippen LogP contribution in [-0.2, 0) is 81.2 Å². The fourth-order valence-electron chi connectivity index (χ4n) is 28.8. The maximum atomic E-state index is 8.16. The number of anilines is 12. The Bertz CT molecular complexity index is 8150. The van der Waals surface area contributed by atoms with Crippen LogP contribution in [0.25, 0.3) is 55.0 Å². The molecule has 0 amide bonds. The second-order valence-corrected chi connectivity index (χ2v) is 59.1. The average Bonchev–Trinajstić information content (AvgIpc) is 1.42. The van der Waals surface area contributed by atoms with Gasteiger partial charge in [-0.3, -0.25) is 9.80 Å². The molecular weight excluding hydrogens is 1790 g/mol. The van der Waals surface area contributed by atoms with E-state index in [4.69, 9.17) is 8.83 Å². The third kappa shape index (κ3) is 15.1. The summed E-state index contributed by atoms with van der Waals surface area (Å²) in [4.78, 5) is 10.6. The molecule has 0 bridgehead atoms. The van der Waals surface area contributed by atoms with E-state index in [1.807, 2.05) is 0 Å². The summed E-state index contributed by atoms with van der Waals surface area (Å²) >= 11 is 0. The quantitative estimate of drug-likeness (QED) is 0.148. The van der Waals surface area contributed by atoms with Crippen molar-refractivity contribution in [1.29, 1.82) is 0 Å². The zero-order chi connectivity index (χ0) is 105. The molecule has 8 heteroatoms. The molecule has 9 aliphatic rings. The van der Waals surface area contributed by atoms with Crippen molar-refractivity contribution in [3.63, 3.8) is 0 Å². The number of nitrogens with zero attached hydrogens (tertiary/aromatic N) is 4. The van der Waals surface area contributed by atoms with Gasteiger partial charge in [0.05, 0.1) is 0 Å². The van der Waals surface area contributed by atoms with E-state index in [2.05, 4.69) is 480 Å². The summed E-state index contributed by atoms with van der Waals surface area (Å²) in [5.74, 6) is 1.99. The highest BCUT2D eigenvalue weighted by Gasteiger charge is 2.55. The Morgan fingerprint density at radius 2 is 0.568 bits per heavy atom. The molecule has 0 fully saturated rings. The predicted octanol–water partition coefficient (Wildman–Crippen LogP) is 35.5. The van der Waals surface area contributed by atoms with E-state index < -0.39 is 0 Å². The molecule has 148 heavy (non-hydrogen) atoms. The Kier molecular flexibility index (Phi) is 21.1. The lowest BCUT2D eigenvalue weighted by Crippen LogP contribution is -2.61. The van der Waals surface area contributed by atoms with Gasteiger partial charge in [-0.1, -0.05) is 345 Å². The molecule has 24 rings (SSSR count). The number of fused-ring (bicyclic) bond motifs is 18. The predicted molar refractivity (Wildman–Crippen MR) is 637 cm³/mol. The van der Waals surface area contributed by atoms with Crippen molar-refractivity contribution in [2.45, 2.75) is 387 Å². The van der Waals surface area contributed by atoms with Crippen LogP contribution in [0.3, 0.4) is 0 Å². The summed E-state index contributed by atoms with van der Waals surface area (Å²) in [6.07, 6.45) is 9.99. The molecule has 6 nitrogen and oxygen atoms in total. The smallest absolute Gasteiger partial charge is 0.257 e. The molecular formula is C140H160B2N4O2. The lowest BCUT2D eigenvalue weighted by atomic mass is 9.33. The number of rotatable bonds is 7. The molecule has 0 saturated carbocycles. The van der Waals surface area contributed by atoms with E-state index in [0.717, 1.165) is 103 Å². The maximum absolute atomic E-state index is 8.16. The molecule has 0 N–H and O–H groups in total. The Morgan fingerprint density at radius 3 is 0.993 bits per heavy atom. The van der Waals surface area contributed by atoms with Crippen LogP contribution in [-0.4, -0.2) is 13.4 Å². The van der Waals surface area contributed by atoms with Crippen LogP contribution in [0.2, 0.25) is 0 Å². The monoisotopic (exact) mass is 1950 g/mol. The maximum Gasteiger partial charge on any atom is 0.257 e. The van der Waals surface area contributed by atoms with Crippen molar-refractivity contribution in [2.24, 2.45) is 0 Å². The second kappa shape index (κ2) is 31.6. The molecule has 15 aromatic rings. The molecule has 0 saturated heterocycles. The number of benzene rings is 13. The summed E-state index contributed by atoms with van der Waals surface area (Å²) in [5.41, 5.74) is 47.3. The van der Waals surface area contributed by atoms with Crippen molar-refractivity contribution < 1.29 is 8.83 Å². The number of furan rings is 2. The van der Waals surface area contributed by atoms with Gasteiger partial charge in [-0.25, -0.2) is 0 Å². The van der Waals surface area contributed by atoms with Crippen molar-refractivity contribution in [3.8, 4) is 22.3 Å². The zero-order valence-corrected chi connectivity index (χ0v) is 96.0. The Labute approximate surface area is 886 Å². The molecule has 758 valence electrons. The number of hydrogen-bond acceptors (Lipinski definition) is 6. The minimum absolute atomic E-state index is 0.00721. The van der Waals surface area contributed by atoms with Gasteiger partial charge in [0.25, 0.3) is 13.4 Å². The van der Waals surface area contributed by atoms with Gasteiger partial charge in [0.1, 0.15) is 11.2 Å². The molecule has 2 aromatic heterocycles. The topological polar surface area (TPSA) is 39.2 Å². The van der Waals surface area contributed by atoms with Crippen LogP contribution in [0.5, 0.6) is 0 Å². The van der Waals surface area contributed by atoms with Gasteiger partial charge in [0.15, 0.2) is 0 Å².